The van der Waals surface area contributed by atoms with Gasteiger partial charge in [0.2, 0.25) is 12.7 Å². The molecule has 1 fully saturated rings. The summed E-state index contributed by atoms with van der Waals surface area (Å²) < 4.78 is 10.8. The molecule has 2 amide bonds. The highest BCUT2D eigenvalue weighted by atomic mass is 16.7. The van der Waals surface area contributed by atoms with Crippen molar-refractivity contribution in [2.75, 3.05) is 25.3 Å². The minimum absolute atomic E-state index is 0.0582. The third kappa shape index (κ3) is 3.15. The molecule has 2 aliphatic rings. The van der Waals surface area contributed by atoms with Crippen molar-refractivity contribution in [3.8, 4) is 11.5 Å². The van der Waals surface area contributed by atoms with Gasteiger partial charge in [-0.2, -0.15) is 0 Å². The fraction of sp³-hybridized carbons (Fsp3) is 0.273. The van der Waals surface area contributed by atoms with Gasteiger partial charge in [-0.15, -0.1) is 0 Å². The Morgan fingerprint density at radius 3 is 2.70 bits per heavy atom. The molecule has 0 saturated heterocycles. The summed E-state index contributed by atoms with van der Waals surface area (Å²) in [6.07, 6.45) is 1.56. The molecule has 0 spiro atoms. The zero-order valence-corrected chi connectivity index (χ0v) is 16.2. The molecule has 1 aromatic heterocycles. The van der Waals surface area contributed by atoms with Crippen LogP contribution in [0.5, 0.6) is 11.5 Å². The van der Waals surface area contributed by atoms with E-state index >= 15 is 0 Å². The maximum atomic E-state index is 13.1. The molecular weight excluding hydrogens is 386 g/mol. The Hall–Kier alpha value is -3.52. The molecule has 8 nitrogen and oxygen atoms in total. The smallest absolute Gasteiger partial charge is 0.267 e. The van der Waals surface area contributed by atoms with Crippen molar-refractivity contribution in [3.05, 3.63) is 53.7 Å². The second-order valence-corrected chi connectivity index (χ2v) is 7.57. The number of anilines is 1. The zero-order chi connectivity index (χ0) is 20.7. The third-order valence-corrected chi connectivity index (χ3v) is 5.63. The molecule has 1 aliphatic carbocycles. The van der Waals surface area contributed by atoms with Crippen LogP contribution in [-0.4, -0.2) is 41.8 Å². The van der Waals surface area contributed by atoms with Crippen LogP contribution in [0.3, 0.4) is 0 Å². The molecule has 5 rings (SSSR count). The molecule has 0 atom stereocenters. The number of carbonyl (C=O) groups is 2. The summed E-state index contributed by atoms with van der Waals surface area (Å²) in [7, 11) is 0. The summed E-state index contributed by atoms with van der Waals surface area (Å²) in [5.74, 6) is 1.03. The van der Waals surface area contributed by atoms with Gasteiger partial charge < -0.3 is 30.2 Å². The molecular formula is C22H21N3O5. The lowest BCUT2D eigenvalue weighted by Gasteiger charge is -2.16. The largest absolute Gasteiger partial charge is 0.454 e. The molecule has 2 aromatic carbocycles. The summed E-state index contributed by atoms with van der Waals surface area (Å²) in [5, 5.41) is 15.3. The minimum atomic E-state index is -0.552. The van der Waals surface area contributed by atoms with Crippen LogP contribution < -0.4 is 20.1 Å². The van der Waals surface area contributed by atoms with E-state index in [0.717, 1.165) is 29.3 Å². The van der Waals surface area contributed by atoms with Crippen LogP contribution in [0.1, 0.15) is 28.9 Å². The average molecular weight is 407 g/mol. The van der Waals surface area contributed by atoms with Gasteiger partial charge in [-0.3, -0.25) is 9.59 Å². The van der Waals surface area contributed by atoms with Gasteiger partial charge in [-0.1, -0.05) is 6.07 Å². The first-order valence-electron chi connectivity index (χ1n) is 9.82. The maximum Gasteiger partial charge on any atom is 0.267 e. The lowest BCUT2D eigenvalue weighted by Crippen LogP contribution is -2.27. The number of hydrogen-bond donors (Lipinski definition) is 4. The number of ether oxygens (including phenoxy) is 2. The molecule has 0 bridgehead atoms. The number of aromatic nitrogens is 1. The van der Waals surface area contributed by atoms with Crippen LogP contribution in [0.15, 0.2) is 42.5 Å². The fourth-order valence-electron chi connectivity index (χ4n) is 3.81. The number of aromatic amines is 1. The minimum Gasteiger partial charge on any atom is -0.454 e. The Morgan fingerprint density at radius 2 is 1.90 bits per heavy atom. The van der Waals surface area contributed by atoms with E-state index in [1.54, 1.807) is 6.07 Å². The Bertz CT molecular complexity index is 1150. The van der Waals surface area contributed by atoms with Gasteiger partial charge in [0.25, 0.3) is 5.91 Å². The van der Waals surface area contributed by atoms with E-state index in [-0.39, 0.29) is 31.8 Å². The van der Waals surface area contributed by atoms with E-state index in [0.29, 0.717) is 22.9 Å². The van der Waals surface area contributed by atoms with E-state index in [4.69, 9.17) is 14.6 Å². The van der Waals surface area contributed by atoms with Gasteiger partial charge in [0.05, 0.1) is 12.0 Å². The van der Waals surface area contributed by atoms with Gasteiger partial charge in [0.1, 0.15) is 5.69 Å². The van der Waals surface area contributed by atoms with E-state index in [2.05, 4.69) is 15.6 Å². The van der Waals surface area contributed by atoms with Crippen LogP contribution in [0, 0.1) is 0 Å². The first kappa shape index (κ1) is 18.5. The molecule has 2 heterocycles. The summed E-state index contributed by atoms with van der Waals surface area (Å²) in [5.41, 5.74) is 2.24. The number of fused-ring (bicyclic) bond motifs is 2. The second kappa shape index (κ2) is 7.07. The van der Waals surface area contributed by atoms with Crippen LogP contribution in [0.4, 0.5) is 5.69 Å². The highest BCUT2D eigenvalue weighted by Gasteiger charge is 2.51. The van der Waals surface area contributed by atoms with Crippen LogP contribution in [-0.2, 0) is 10.2 Å². The lowest BCUT2D eigenvalue weighted by atomic mass is 9.94. The van der Waals surface area contributed by atoms with Crippen LogP contribution >= 0.6 is 0 Å². The van der Waals surface area contributed by atoms with Crippen molar-refractivity contribution in [2.45, 2.75) is 18.3 Å². The first-order valence-corrected chi connectivity index (χ1v) is 9.82. The van der Waals surface area contributed by atoms with E-state index in [1.165, 1.54) is 0 Å². The van der Waals surface area contributed by atoms with Crippen molar-refractivity contribution in [1.82, 2.24) is 10.3 Å². The molecule has 0 unspecified atom stereocenters. The Kier molecular flexibility index (Phi) is 4.36. The van der Waals surface area contributed by atoms with Gasteiger partial charge >= 0.3 is 0 Å². The van der Waals surface area contributed by atoms with Gasteiger partial charge in [-0.05, 0) is 54.8 Å². The van der Waals surface area contributed by atoms with Crippen LogP contribution in [0.25, 0.3) is 10.9 Å². The summed E-state index contributed by atoms with van der Waals surface area (Å²) in [4.78, 5) is 28.2. The molecule has 1 saturated carbocycles. The predicted molar refractivity (Wildman–Crippen MR) is 110 cm³/mol. The SMILES string of the molecule is O=C(NCCO)c1cc2cc(NC(=O)C3(c4ccc5c(c4)OCO5)CC3)ccc2[nH]1. The summed E-state index contributed by atoms with van der Waals surface area (Å²) in [6, 6.07) is 12.9. The predicted octanol–water partition coefficient (Wildman–Crippen LogP) is 2.29. The topological polar surface area (TPSA) is 113 Å². The third-order valence-electron chi connectivity index (χ3n) is 5.63. The van der Waals surface area contributed by atoms with Gasteiger partial charge in [0, 0.05) is 23.1 Å². The van der Waals surface area contributed by atoms with E-state index in [9.17, 15) is 9.59 Å². The van der Waals surface area contributed by atoms with Crippen molar-refractivity contribution in [3.63, 3.8) is 0 Å². The molecule has 4 N–H and O–H groups in total. The van der Waals surface area contributed by atoms with Crippen molar-refractivity contribution < 1.29 is 24.2 Å². The quantitative estimate of drug-likeness (QED) is 0.501. The zero-order valence-electron chi connectivity index (χ0n) is 16.2. The highest BCUT2D eigenvalue weighted by molar-refractivity contribution is 6.03. The number of carbonyl (C=O) groups excluding carboxylic acids is 2. The summed E-state index contributed by atoms with van der Waals surface area (Å²) >= 11 is 0. The van der Waals surface area contributed by atoms with E-state index in [1.807, 2.05) is 36.4 Å². The number of nitrogens with one attached hydrogen (secondary N) is 3. The number of benzene rings is 2. The van der Waals surface area contributed by atoms with Crippen molar-refractivity contribution in [1.29, 1.82) is 0 Å². The lowest BCUT2D eigenvalue weighted by molar-refractivity contribution is -0.118. The maximum absolute atomic E-state index is 13.1. The number of hydrogen-bond acceptors (Lipinski definition) is 5. The number of aliphatic hydroxyl groups excluding tert-OH is 1. The monoisotopic (exact) mass is 407 g/mol. The first-order chi connectivity index (χ1) is 14.6. The standard InChI is InChI=1S/C22H21N3O5/c26-8-7-23-20(27)17-10-13-9-15(2-3-16(13)25-17)24-21(28)22(5-6-22)14-1-4-18-19(11-14)30-12-29-18/h1-4,9-11,25-26H,5-8,12H2,(H,23,27)(H,24,28). The number of aliphatic hydroxyl groups is 1. The number of amides is 2. The van der Waals surface area contributed by atoms with Crippen LogP contribution in [0.2, 0.25) is 0 Å². The Balaban J connectivity index is 1.35. The van der Waals surface area contributed by atoms with Crippen molar-refractivity contribution in [2.24, 2.45) is 0 Å². The molecule has 1 aliphatic heterocycles. The number of H-pyrrole nitrogens is 1. The molecule has 154 valence electrons. The average Bonchev–Trinajstić information content (AvgIpc) is 3.24. The highest BCUT2D eigenvalue weighted by Crippen LogP contribution is 2.51. The number of rotatable bonds is 6. The molecule has 0 radical (unpaired) electrons. The van der Waals surface area contributed by atoms with Crippen molar-refractivity contribution >= 4 is 28.4 Å². The Labute approximate surface area is 172 Å². The molecule has 30 heavy (non-hydrogen) atoms. The molecule has 8 heteroatoms. The Morgan fingerprint density at radius 1 is 1.07 bits per heavy atom. The van der Waals surface area contributed by atoms with E-state index < -0.39 is 5.41 Å². The second-order valence-electron chi connectivity index (χ2n) is 7.57. The summed E-state index contributed by atoms with van der Waals surface area (Å²) in [6.45, 7) is 0.277. The normalized spacial score (nSPS) is 15.8. The molecule has 3 aromatic rings. The van der Waals surface area contributed by atoms with Gasteiger partial charge in [-0.25, -0.2) is 0 Å². The fourth-order valence-corrected chi connectivity index (χ4v) is 3.81. The van der Waals surface area contributed by atoms with Gasteiger partial charge in [0.15, 0.2) is 11.5 Å².